The van der Waals surface area contributed by atoms with Crippen LogP contribution in [-0.2, 0) is 4.79 Å². The molecule has 0 amide bonds. The van der Waals surface area contributed by atoms with E-state index in [2.05, 4.69) is 6.92 Å². The van der Waals surface area contributed by atoms with Gasteiger partial charge in [0.15, 0.2) is 5.78 Å². The molecule has 0 saturated heterocycles. The number of hydrogen-bond acceptors (Lipinski definition) is 3. The average Bonchev–Trinajstić information content (AvgIpc) is 2.65. The minimum atomic E-state index is -0.397. The highest BCUT2D eigenvalue weighted by Gasteiger charge is 2.15. The number of ketones is 1. The van der Waals surface area contributed by atoms with Gasteiger partial charge >= 0.3 is 0 Å². The van der Waals surface area contributed by atoms with Crippen LogP contribution in [0.25, 0.3) is 0 Å². The smallest absolute Gasteiger partial charge is 0.154 e. The molecule has 2 nitrogen and oxygen atoms in total. The second-order valence-corrected chi connectivity index (χ2v) is 4.04. The van der Waals surface area contributed by atoms with Gasteiger partial charge in [0, 0.05) is 11.3 Å². The highest BCUT2D eigenvalue weighted by Crippen LogP contribution is 2.19. The molecule has 1 atom stereocenters. The fourth-order valence-electron chi connectivity index (χ4n) is 1.13. The van der Waals surface area contributed by atoms with Crippen LogP contribution in [0.15, 0.2) is 17.5 Å². The first-order valence-corrected chi connectivity index (χ1v) is 5.45. The minimum absolute atomic E-state index is 0.157. The monoisotopic (exact) mass is 197 g/mol. The van der Waals surface area contributed by atoms with Crippen LogP contribution >= 0.6 is 11.3 Å². The van der Waals surface area contributed by atoms with Crippen molar-refractivity contribution in [3.63, 3.8) is 0 Å². The molecule has 0 aliphatic carbocycles. The van der Waals surface area contributed by atoms with Gasteiger partial charge in [0.1, 0.15) is 0 Å². The highest BCUT2D eigenvalue weighted by molar-refractivity contribution is 7.10. The molecule has 0 aliphatic heterocycles. The van der Waals surface area contributed by atoms with Gasteiger partial charge in [0.2, 0.25) is 0 Å². The molecule has 0 fully saturated rings. The van der Waals surface area contributed by atoms with Crippen molar-refractivity contribution in [2.24, 2.45) is 5.73 Å². The largest absolute Gasteiger partial charge is 0.317 e. The number of rotatable bonds is 5. The Hall–Kier alpha value is -0.670. The predicted octanol–water partition coefficient (Wildman–Crippen LogP) is 2.51. The van der Waals surface area contributed by atoms with Crippen molar-refractivity contribution in [3.8, 4) is 0 Å². The third-order valence-corrected chi connectivity index (χ3v) is 2.93. The van der Waals surface area contributed by atoms with Gasteiger partial charge in [-0.1, -0.05) is 19.4 Å². The Morgan fingerprint density at radius 3 is 3.00 bits per heavy atom. The first-order valence-electron chi connectivity index (χ1n) is 4.57. The van der Waals surface area contributed by atoms with E-state index in [9.17, 15) is 4.79 Å². The minimum Gasteiger partial charge on any atom is -0.317 e. The van der Waals surface area contributed by atoms with Crippen molar-refractivity contribution < 1.29 is 4.79 Å². The lowest BCUT2D eigenvalue weighted by molar-refractivity contribution is -0.120. The van der Waals surface area contributed by atoms with Crippen molar-refractivity contribution in [2.75, 3.05) is 0 Å². The van der Waals surface area contributed by atoms with Gasteiger partial charge in [-0.05, 0) is 17.9 Å². The first kappa shape index (κ1) is 10.4. The summed E-state index contributed by atoms with van der Waals surface area (Å²) in [7, 11) is 0. The number of thiophene rings is 1. The molecule has 0 aromatic carbocycles. The highest BCUT2D eigenvalue weighted by atomic mass is 32.1. The molecule has 0 spiro atoms. The molecule has 72 valence electrons. The molecule has 1 heterocycles. The zero-order valence-electron chi connectivity index (χ0n) is 7.82. The maximum atomic E-state index is 11.5. The number of nitrogens with two attached hydrogens (primary N) is 1. The molecular formula is C10H15NOS. The third kappa shape index (κ3) is 2.94. The molecule has 1 unspecified atom stereocenters. The molecule has 3 heteroatoms. The lowest BCUT2D eigenvalue weighted by Gasteiger charge is -2.07. The van der Waals surface area contributed by atoms with Crippen LogP contribution in [0, 0.1) is 0 Å². The fourth-order valence-corrected chi connectivity index (χ4v) is 1.88. The fraction of sp³-hybridized carbons (Fsp3) is 0.500. The van der Waals surface area contributed by atoms with Gasteiger partial charge in [-0.25, -0.2) is 0 Å². The molecule has 1 aromatic rings. The summed E-state index contributed by atoms with van der Waals surface area (Å²) in [6.45, 7) is 2.07. The zero-order chi connectivity index (χ0) is 9.68. The van der Waals surface area contributed by atoms with E-state index in [-0.39, 0.29) is 5.78 Å². The quantitative estimate of drug-likeness (QED) is 0.788. The van der Waals surface area contributed by atoms with Gasteiger partial charge in [0.05, 0.1) is 6.04 Å². The third-order valence-electron chi connectivity index (χ3n) is 1.97. The SMILES string of the molecule is CCCCC(=O)C(N)c1cccs1. The predicted molar refractivity (Wildman–Crippen MR) is 55.8 cm³/mol. The molecule has 13 heavy (non-hydrogen) atoms. The molecule has 1 aromatic heterocycles. The molecule has 0 radical (unpaired) electrons. The van der Waals surface area contributed by atoms with E-state index >= 15 is 0 Å². The maximum absolute atomic E-state index is 11.5. The Balaban J connectivity index is 2.48. The number of carbonyl (C=O) groups is 1. The van der Waals surface area contributed by atoms with E-state index in [0.717, 1.165) is 17.7 Å². The van der Waals surface area contributed by atoms with Gasteiger partial charge < -0.3 is 5.73 Å². The van der Waals surface area contributed by atoms with Crippen molar-refractivity contribution in [2.45, 2.75) is 32.2 Å². The van der Waals surface area contributed by atoms with Gasteiger partial charge in [-0.2, -0.15) is 0 Å². The molecule has 0 aliphatic rings. The number of Topliss-reactive ketones (excluding diaryl/α,β-unsaturated/α-hetero) is 1. The van der Waals surface area contributed by atoms with Crippen molar-refractivity contribution in [1.82, 2.24) is 0 Å². The second-order valence-electron chi connectivity index (χ2n) is 3.06. The summed E-state index contributed by atoms with van der Waals surface area (Å²) in [6, 6.07) is 3.44. The summed E-state index contributed by atoms with van der Waals surface area (Å²) in [5, 5.41) is 1.95. The summed E-state index contributed by atoms with van der Waals surface area (Å²) in [5.41, 5.74) is 5.78. The van der Waals surface area contributed by atoms with Crippen LogP contribution in [-0.4, -0.2) is 5.78 Å². The van der Waals surface area contributed by atoms with Gasteiger partial charge in [-0.3, -0.25) is 4.79 Å². The summed E-state index contributed by atoms with van der Waals surface area (Å²) in [5.74, 6) is 0.157. The number of hydrogen-bond donors (Lipinski definition) is 1. The van der Waals surface area contributed by atoms with Crippen molar-refractivity contribution in [1.29, 1.82) is 0 Å². The van der Waals surface area contributed by atoms with Crippen molar-refractivity contribution >= 4 is 17.1 Å². The van der Waals surface area contributed by atoms with E-state index in [4.69, 9.17) is 5.73 Å². The topological polar surface area (TPSA) is 43.1 Å². The Morgan fingerprint density at radius 2 is 2.46 bits per heavy atom. The van der Waals surface area contributed by atoms with Crippen LogP contribution in [0.3, 0.4) is 0 Å². The standard InChI is InChI=1S/C10H15NOS/c1-2-3-5-8(12)10(11)9-6-4-7-13-9/h4,6-7,10H,2-3,5,11H2,1H3. The lowest BCUT2D eigenvalue weighted by Crippen LogP contribution is -2.19. The number of unbranched alkanes of at least 4 members (excludes halogenated alkanes) is 1. The van der Waals surface area contributed by atoms with Crippen LogP contribution < -0.4 is 5.73 Å². The Morgan fingerprint density at radius 1 is 1.69 bits per heavy atom. The molecular weight excluding hydrogens is 182 g/mol. The lowest BCUT2D eigenvalue weighted by atomic mass is 10.1. The number of carbonyl (C=O) groups excluding carboxylic acids is 1. The maximum Gasteiger partial charge on any atom is 0.154 e. The molecule has 0 bridgehead atoms. The Labute approximate surface area is 82.8 Å². The summed E-state index contributed by atoms with van der Waals surface area (Å²) >= 11 is 1.55. The van der Waals surface area contributed by atoms with Crippen LogP contribution in [0.4, 0.5) is 0 Å². The van der Waals surface area contributed by atoms with Crippen LogP contribution in [0.5, 0.6) is 0 Å². The van der Waals surface area contributed by atoms with Crippen molar-refractivity contribution in [3.05, 3.63) is 22.4 Å². The summed E-state index contributed by atoms with van der Waals surface area (Å²) in [6.07, 6.45) is 2.59. The Kier molecular flexibility index (Phi) is 4.12. The van der Waals surface area contributed by atoms with Gasteiger partial charge in [0.25, 0.3) is 0 Å². The first-order chi connectivity index (χ1) is 6.25. The van der Waals surface area contributed by atoms with E-state index in [1.54, 1.807) is 11.3 Å². The van der Waals surface area contributed by atoms with E-state index < -0.39 is 6.04 Å². The van der Waals surface area contributed by atoms with E-state index in [1.807, 2.05) is 17.5 Å². The average molecular weight is 197 g/mol. The zero-order valence-corrected chi connectivity index (χ0v) is 8.64. The molecule has 1 rings (SSSR count). The van der Waals surface area contributed by atoms with Gasteiger partial charge in [-0.15, -0.1) is 11.3 Å². The van der Waals surface area contributed by atoms with Crippen LogP contribution in [0.2, 0.25) is 0 Å². The molecule has 0 saturated carbocycles. The molecule has 2 N–H and O–H groups in total. The van der Waals surface area contributed by atoms with E-state index in [0.29, 0.717) is 6.42 Å². The Bertz CT molecular complexity index is 256. The normalized spacial score (nSPS) is 12.8. The summed E-state index contributed by atoms with van der Waals surface area (Å²) < 4.78 is 0. The van der Waals surface area contributed by atoms with E-state index in [1.165, 1.54) is 0 Å². The summed E-state index contributed by atoms with van der Waals surface area (Å²) in [4.78, 5) is 12.5. The second kappa shape index (κ2) is 5.14. The van der Waals surface area contributed by atoms with Crippen LogP contribution in [0.1, 0.15) is 37.1 Å².